The molecule has 0 atom stereocenters. The van der Waals surface area contributed by atoms with E-state index in [-0.39, 0.29) is 0 Å². The van der Waals surface area contributed by atoms with E-state index in [4.69, 9.17) is 18.9 Å². The van der Waals surface area contributed by atoms with Crippen molar-refractivity contribution in [2.24, 2.45) is 0 Å². The summed E-state index contributed by atoms with van der Waals surface area (Å²) in [6.45, 7) is 8.96. The van der Waals surface area contributed by atoms with Gasteiger partial charge in [0.15, 0.2) is 0 Å². The van der Waals surface area contributed by atoms with Crippen molar-refractivity contribution >= 4 is 27.0 Å². The Balaban J connectivity index is 3.31. The highest BCUT2D eigenvalue weighted by Crippen LogP contribution is 2.21. The van der Waals surface area contributed by atoms with Crippen LogP contribution in [0.3, 0.4) is 0 Å². The van der Waals surface area contributed by atoms with Crippen LogP contribution in [0, 0.1) is 0 Å². The van der Waals surface area contributed by atoms with Gasteiger partial charge in [-0.2, -0.15) is 0 Å². The third kappa shape index (κ3) is 6.19. The van der Waals surface area contributed by atoms with Gasteiger partial charge in [0.05, 0.1) is 13.2 Å². The summed E-state index contributed by atoms with van der Waals surface area (Å²) in [5, 5.41) is 1.49. The van der Waals surface area contributed by atoms with Crippen molar-refractivity contribution in [1.82, 2.24) is 0 Å². The Morgan fingerprint density at radius 3 is 1.29 bits per heavy atom. The summed E-state index contributed by atoms with van der Waals surface area (Å²) in [7, 11) is -2.07. The van der Waals surface area contributed by atoms with Crippen molar-refractivity contribution in [1.29, 1.82) is 0 Å². The summed E-state index contributed by atoms with van der Waals surface area (Å²) in [6, 6.07) is 3.62. The van der Waals surface area contributed by atoms with Crippen molar-refractivity contribution in [2.75, 3.05) is 40.6 Å². The molecular formula is C16H30O6Si2. The Kier molecular flexibility index (Phi) is 7.91. The molecular weight excluding hydrogens is 344 g/mol. The van der Waals surface area contributed by atoms with Crippen molar-refractivity contribution in [3.63, 3.8) is 0 Å². The molecule has 0 spiro atoms. The zero-order valence-electron chi connectivity index (χ0n) is 15.5. The standard InChI is InChI=1S/C16H30O6Si2/c1-19-7-9-21-13-11-16(24(5,6)18)14(22-10-8-20-2)12-15(13)23(3,4)17/h11-12,17-18H,7-10H2,1-6H3. The lowest BCUT2D eigenvalue weighted by molar-refractivity contribution is 0.145. The first-order valence-corrected chi connectivity index (χ1v) is 13.9. The van der Waals surface area contributed by atoms with Crippen LogP contribution in [0.2, 0.25) is 26.2 Å². The number of ether oxygens (including phenoxy) is 4. The second-order valence-electron chi connectivity index (χ2n) is 6.65. The van der Waals surface area contributed by atoms with E-state index in [0.29, 0.717) is 37.9 Å². The minimum atomic E-state index is -2.64. The SMILES string of the molecule is COCCOc1cc([Si](C)(C)O)c(OCCOC)cc1[Si](C)(C)O. The summed E-state index contributed by atoms with van der Waals surface area (Å²) in [5.41, 5.74) is 0. The van der Waals surface area contributed by atoms with Gasteiger partial charge in [0.25, 0.3) is 0 Å². The second-order valence-corrected chi connectivity index (χ2v) is 14.0. The number of rotatable bonds is 10. The minimum Gasteiger partial charge on any atom is -0.491 e. The third-order valence-electron chi connectivity index (χ3n) is 3.49. The zero-order chi connectivity index (χ0) is 18.4. The van der Waals surface area contributed by atoms with Crippen LogP contribution in [0.25, 0.3) is 0 Å². The summed E-state index contributed by atoms with van der Waals surface area (Å²) in [5.74, 6) is 1.19. The van der Waals surface area contributed by atoms with Gasteiger partial charge >= 0.3 is 0 Å². The molecule has 0 saturated heterocycles. The van der Waals surface area contributed by atoms with Crippen LogP contribution in [-0.4, -0.2) is 66.9 Å². The Bertz CT molecular complexity index is 475. The van der Waals surface area contributed by atoms with Gasteiger partial charge in [0.1, 0.15) is 24.7 Å². The molecule has 6 nitrogen and oxygen atoms in total. The summed E-state index contributed by atoms with van der Waals surface area (Å²) in [6.07, 6.45) is 0. The predicted molar refractivity (Wildman–Crippen MR) is 99.9 cm³/mol. The van der Waals surface area contributed by atoms with Gasteiger partial charge in [-0.15, -0.1) is 0 Å². The monoisotopic (exact) mass is 374 g/mol. The maximum atomic E-state index is 10.6. The Morgan fingerprint density at radius 1 is 0.708 bits per heavy atom. The molecule has 0 bridgehead atoms. The van der Waals surface area contributed by atoms with Gasteiger partial charge < -0.3 is 28.5 Å². The third-order valence-corrected chi connectivity index (χ3v) is 6.91. The van der Waals surface area contributed by atoms with Gasteiger partial charge in [0, 0.05) is 24.6 Å². The maximum Gasteiger partial charge on any atom is 0.217 e. The maximum absolute atomic E-state index is 10.6. The number of methoxy groups -OCH3 is 2. The highest BCUT2D eigenvalue weighted by atomic mass is 28.4. The Morgan fingerprint density at radius 2 is 1.04 bits per heavy atom. The molecule has 0 aliphatic carbocycles. The molecule has 1 rings (SSSR count). The van der Waals surface area contributed by atoms with E-state index < -0.39 is 16.6 Å². The first kappa shape index (κ1) is 21.1. The molecule has 1 aromatic carbocycles. The molecule has 8 heteroatoms. The molecule has 0 radical (unpaired) electrons. The molecule has 2 N–H and O–H groups in total. The van der Waals surface area contributed by atoms with Crippen molar-refractivity contribution in [2.45, 2.75) is 26.2 Å². The second kappa shape index (κ2) is 8.98. The summed E-state index contributed by atoms with van der Waals surface area (Å²) in [4.78, 5) is 21.2. The summed E-state index contributed by atoms with van der Waals surface area (Å²) < 4.78 is 21.6. The molecule has 24 heavy (non-hydrogen) atoms. The van der Waals surface area contributed by atoms with Crippen LogP contribution in [-0.2, 0) is 9.47 Å². The quantitative estimate of drug-likeness (QED) is 0.460. The lowest BCUT2D eigenvalue weighted by Gasteiger charge is -2.26. The smallest absolute Gasteiger partial charge is 0.217 e. The molecule has 0 amide bonds. The van der Waals surface area contributed by atoms with Crippen LogP contribution >= 0.6 is 0 Å². The molecule has 0 heterocycles. The molecule has 0 unspecified atom stereocenters. The van der Waals surface area contributed by atoms with E-state index in [9.17, 15) is 9.59 Å². The lowest BCUT2D eigenvalue weighted by atomic mass is 10.3. The fourth-order valence-electron chi connectivity index (χ4n) is 2.22. The van der Waals surface area contributed by atoms with Crippen LogP contribution in [0.1, 0.15) is 0 Å². The van der Waals surface area contributed by atoms with E-state index in [2.05, 4.69) is 0 Å². The number of benzene rings is 1. The van der Waals surface area contributed by atoms with Crippen molar-refractivity contribution in [3.05, 3.63) is 12.1 Å². The van der Waals surface area contributed by atoms with E-state index in [1.54, 1.807) is 14.2 Å². The average molecular weight is 375 g/mol. The average Bonchev–Trinajstić information content (AvgIpc) is 2.46. The van der Waals surface area contributed by atoms with Crippen LogP contribution in [0.5, 0.6) is 11.5 Å². The molecule has 0 aliphatic rings. The van der Waals surface area contributed by atoms with Gasteiger partial charge in [0.2, 0.25) is 16.6 Å². The zero-order valence-corrected chi connectivity index (χ0v) is 17.5. The normalized spacial score (nSPS) is 12.3. The fraction of sp³-hybridized carbons (Fsp3) is 0.625. The lowest BCUT2D eigenvalue weighted by Crippen LogP contribution is -2.47. The molecule has 0 aromatic heterocycles. The summed E-state index contributed by atoms with van der Waals surface area (Å²) >= 11 is 0. The van der Waals surface area contributed by atoms with Gasteiger partial charge in [-0.3, -0.25) is 0 Å². The fourth-order valence-corrected chi connectivity index (χ4v) is 4.69. The minimum absolute atomic E-state index is 0.380. The van der Waals surface area contributed by atoms with Crippen LogP contribution in [0.4, 0.5) is 0 Å². The van der Waals surface area contributed by atoms with E-state index in [1.807, 2.05) is 38.3 Å². The van der Waals surface area contributed by atoms with Gasteiger partial charge in [-0.25, -0.2) is 0 Å². The molecule has 0 fully saturated rings. The Labute approximate surface area is 146 Å². The first-order valence-electron chi connectivity index (χ1n) is 7.98. The number of hydrogen-bond acceptors (Lipinski definition) is 6. The van der Waals surface area contributed by atoms with E-state index >= 15 is 0 Å². The van der Waals surface area contributed by atoms with Crippen molar-refractivity contribution < 1.29 is 28.5 Å². The number of hydrogen-bond donors (Lipinski definition) is 2. The highest BCUT2D eigenvalue weighted by Gasteiger charge is 2.32. The topological polar surface area (TPSA) is 77.4 Å². The highest BCUT2D eigenvalue weighted by molar-refractivity contribution is 6.86. The van der Waals surface area contributed by atoms with Crippen molar-refractivity contribution in [3.8, 4) is 11.5 Å². The van der Waals surface area contributed by atoms with Gasteiger partial charge in [-0.1, -0.05) is 0 Å². The molecule has 138 valence electrons. The first-order chi connectivity index (χ1) is 11.1. The molecule has 0 aliphatic heterocycles. The van der Waals surface area contributed by atoms with Crippen LogP contribution < -0.4 is 19.8 Å². The molecule has 0 saturated carbocycles. The van der Waals surface area contributed by atoms with E-state index in [0.717, 1.165) is 10.4 Å². The van der Waals surface area contributed by atoms with Gasteiger partial charge in [-0.05, 0) is 38.3 Å². The van der Waals surface area contributed by atoms with E-state index in [1.165, 1.54) is 0 Å². The van der Waals surface area contributed by atoms with Crippen LogP contribution in [0.15, 0.2) is 12.1 Å². The Hall–Kier alpha value is -0.906. The molecule has 1 aromatic rings. The predicted octanol–water partition coefficient (Wildman–Crippen LogP) is 0.546. The largest absolute Gasteiger partial charge is 0.491 e.